The largest absolute Gasteiger partial charge is 0.366 e. The fraction of sp³-hybridized carbons (Fsp3) is 0.682. The minimum atomic E-state index is 0.259. The van der Waals surface area contributed by atoms with Gasteiger partial charge in [-0.1, -0.05) is 32.9 Å². The summed E-state index contributed by atoms with van der Waals surface area (Å²) >= 11 is 0. The second-order valence-corrected chi connectivity index (χ2v) is 8.72. The second-order valence-electron chi connectivity index (χ2n) is 8.72. The van der Waals surface area contributed by atoms with Crippen LogP contribution in [0.4, 0.5) is 0 Å². The van der Waals surface area contributed by atoms with E-state index in [0.29, 0.717) is 11.8 Å². The number of piperazine rings is 1. The monoisotopic (exact) mass is 356 g/mol. The van der Waals surface area contributed by atoms with Gasteiger partial charge < -0.3 is 14.7 Å². The standard InChI is InChI=1S/C22H36N4/c1-16(2)13-20-14-17(3)7-8-21(25-11-9-24(6)10-12-25)22-23-19(5)18(4)15-26(20)22/h8,14-17,19H,7,9-13H2,1-6H3. The van der Waals surface area contributed by atoms with Crippen molar-refractivity contribution in [3.8, 4) is 0 Å². The molecule has 0 aromatic carbocycles. The number of aliphatic imine (C=N–C) groups is 1. The maximum atomic E-state index is 5.16. The molecule has 0 spiro atoms. The highest BCUT2D eigenvalue weighted by atomic mass is 15.3. The van der Waals surface area contributed by atoms with Crippen LogP contribution in [0.15, 0.2) is 40.3 Å². The van der Waals surface area contributed by atoms with E-state index in [-0.39, 0.29) is 6.04 Å². The average molecular weight is 357 g/mol. The summed E-state index contributed by atoms with van der Waals surface area (Å²) < 4.78 is 0. The lowest BCUT2D eigenvalue weighted by atomic mass is 9.96. The van der Waals surface area contributed by atoms with Crippen LogP contribution < -0.4 is 0 Å². The van der Waals surface area contributed by atoms with Crippen LogP contribution in [0.25, 0.3) is 0 Å². The number of amidine groups is 1. The first-order valence-electron chi connectivity index (χ1n) is 10.2. The molecule has 0 aromatic heterocycles. The molecule has 26 heavy (non-hydrogen) atoms. The van der Waals surface area contributed by atoms with Crippen LogP contribution in [0, 0.1) is 11.8 Å². The first-order valence-corrected chi connectivity index (χ1v) is 10.2. The highest BCUT2D eigenvalue weighted by molar-refractivity contribution is 6.00. The molecule has 0 aliphatic carbocycles. The molecule has 4 nitrogen and oxygen atoms in total. The highest BCUT2D eigenvalue weighted by Gasteiger charge is 2.30. The number of allylic oxidation sites excluding steroid dienone is 3. The molecular weight excluding hydrogens is 320 g/mol. The van der Waals surface area contributed by atoms with E-state index in [2.05, 4.69) is 74.7 Å². The van der Waals surface area contributed by atoms with Crippen LogP contribution in [0.1, 0.15) is 47.5 Å². The zero-order valence-electron chi connectivity index (χ0n) is 17.5. The van der Waals surface area contributed by atoms with E-state index in [1.54, 1.807) is 0 Å². The third-order valence-corrected chi connectivity index (χ3v) is 5.70. The Labute approximate surface area is 159 Å². The molecule has 0 saturated carbocycles. The summed E-state index contributed by atoms with van der Waals surface area (Å²) in [5.41, 5.74) is 4.10. The Morgan fingerprint density at radius 1 is 1.15 bits per heavy atom. The van der Waals surface area contributed by atoms with Crippen LogP contribution in [-0.2, 0) is 0 Å². The van der Waals surface area contributed by atoms with Crippen LogP contribution in [-0.4, -0.2) is 59.8 Å². The van der Waals surface area contributed by atoms with Crippen molar-refractivity contribution in [3.63, 3.8) is 0 Å². The van der Waals surface area contributed by atoms with Crippen molar-refractivity contribution in [2.45, 2.75) is 53.5 Å². The van der Waals surface area contributed by atoms with Gasteiger partial charge in [0.25, 0.3) is 0 Å². The SMILES string of the molecule is CC1=CN2C(CC(C)C)=CC(C)CC=C(N3CCN(C)CC3)C2=NC1C. The topological polar surface area (TPSA) is 22.1 Å². The highest BCUT2D eigenvalue weighted by Crippen LogP contribution is 2.31. The van der Waals surface area contributed by atoms with Crippen molar-refractivity contribution in [1.82, 2.24) is 14.7 Å². The van der Waals surface area contributed by atoms with Gasteiger partial charge in [-0.2, -0.15) is 0 Å². The Balaban J connectivity index is 1.99. The van der Waals surface area contributed by atoms with Gasteiger partial charge in [0, 0.05) is 38.1 Å². The fourth-order valence-electron chi connectivity index (χ4n) is 3.90. The molecule has 1 saturated heterocycles. The first kappa shape index (κ1) is 19.2. The molecule has 4 heteroatoms. The zero-order chi connectivity index (χ0) is 18.8. The normalized spacial score (nSPS) is 28.0. The minimum Gasteiger partial charge on any atom is -0.366 e. The Kier molecular flexibility index (Phi) is 5.91. The summed E-state index contributed by atoms with van der Waals surface area (Å²) in [7, 11) is 2.22. The maximum Gasteiger partial charge on any atom is 0.156 e. The van der Waals surface area contributed by atoms with Gasteiger partial charge in [0.05, 0.1) is 11.7 Å². The van der Waals surface area contributed by atoms with E-state index in [9.17, 15) is 0 Å². The molecule has 1 fully saturated rings. The van der Waals surface area contributed by atoms with Gasteiger partial charge in [-0.3, -0.25) is 4.99 Å². The Bertz CT molecular complexity index is 633. The predicted octanol–water partition coefficient (Wildman–Crippen LogP) is 4.09. The molecule has 3 aliphatic rings. The predicted molar refractivity (Wildman–Crippen MR) is 111 cm³/mol. The van der Waals surface area contributed by atoms with Crippen molar-refractivity contribution in [1.29, 1.82) is 0 Å². The van der Waals surface area contributed by atoms with Gasteiger partial charge in [0.2, 0.25) is 0 Å². The molecule has 144 valence electrons. The van der Waals surface area contributed by atoms with Gasteiger partial charge in [-0.05, 0) is 51.1 Å². The van der Waals surface area contributed by atoms with Crippen molar-refractivity contribution in [2.24, 2.45) is 16.8 Å². The van der Waals surface area contributed by atoms with Crippen molar-refractivity contribution in [3.05, 3.63) is 35.3 Å². The summed E-state index contributed by atoms with van der Waals surface area (Å²) in [6, 6.07) is 0.259. The summed E-state index contributed by atoms with van der Waals surface area (Å²) in [4.78, 5) is 12.5. The van der Waals surface area contributed by atoms with Crippen LogP contribution in [0.2, 0.25) is 0 Å². The van der Waals surface area contributed by atoms with Gasteiger partial charge in [-0.15, -0.1) is 0 Å². The van der Waals surface area contributed by atoms with Gasteiger partial charge in [-0.25, -0.2) is 0 Å². The van der Waals surface area contributed by atoms with Crippen molar-refractivity contribution >= 4 is 5.84 Å². The number of hydrogen-bond acceptors (Lipinski definition) is 4. The lowest BCUT2D eigenvalue weighted by molar-refractivity contribution is 0.190. The molecule has 3 aliphatic heterocycles. The summed E-state index contributed by atoms with van der Waals surface area (Å²) in [5.74, 6) is 2.35. The maximum absolute atomic E-state index is 5.16. The van der Waals surface area contributed by atoms with E-state index in [0.717, 1.165) is 44.9 Å². The quantitative estimate of drug-likeness (QED) is 0.760. The van der Waals surface area contributed by atoms with E-state index < -0.39 is 0 Å². The second kappa shape index (κ2) is 7.99. The summed E-state index contributed by atoms with van der Waals surface area (Å²) in [6.45, 7) is 15.8. The molecule has 2 atom stereocenters. The van der Waals surface area contributed by atoms with Crippen molar-refractivity contribution in [2.75, 3.05) is 33.2 Å². The molecule has 3 heterocycles. The molecule has 0 aromatic rings. The van der Waals surface area contributed by atoms with E-state index >= 15 is 0 Å². The van der Waals surface area contributed by atoms with E-state index in [1.165, 1.54) is 17.0 Å². The lowest BCUT2D eigenvalue weighted by Gasteiger charge is -2.41. The summed E-state index contributed by atoms with van der Waals surface area (Å²) in [5, 5.41) is 0. The van der Waals surface area contributed by atoms with Gasteiger partial charge >= 0.3 is 0 Å². The molecule has 0 bridgehead atoms. The molecule has 0 N–H and O–H groups in total. The Morgan fingerprint density at radius 3 is 2.50 bits per heavy atom. The third-order valence-electron chi connectivity index (χ3n) is 5.70. The molecule has 0 radical (unpaired) electrons. The number of nitrogens with zero attached hydrogens (tertiary/aromatic N) is 4. The molecule has 0 amide bonds. The number of hydrogen-bond donors (Lipinski definition) is 0. The first-order chi connectivity index (χ1) is 12.3. The minimum absolute atomic E-state index is 0.259. The van der Waals surface area contributed by atoms with E-state index in [4.69, 9.17) is 4.99 Å². The fourth-order valence-corrected chi connectivity index (χ4v) is 3.90. The van der Waals surface area contributed by atoms with Crippen LogP contribution in [0.3, 0.4) is 0 Å². The Morgan fingerprint density at radius 2 is 1.85 bits per heavy atom. The molecule has 2 unspecified atom stereocenters. The third kappa shape index (κ3) is 4.22. The number of likely N-dealkylation sites (N-methyl/N-ethyl adjacent to an activating group) is 1. The van der Waals surface area contributed by atoms with Crippen LogP contribution >= 0.6 is 0 Å². The smallest absolute Gasteiger partial charge is 0.156 e. The van der Waals surface area contributed by atoms with E-state index in [1.807, 2.05) is 0 Å². The summed E-state index contributed by atoms with van der Waals surface area (Å²) in [6.07, 6.45) is 9.42. The average Bonchev–Trinajstić information content (AvgIpc) is 2.57. The lowest BCUT2D eigenvalue weighted by Crippen LogP contribution is -2.48. The number of rotatable bonds is 3. The van der Waals surface area contributed by atoms with Gasteiger partial charge in [0.15, 0.2) is 5.84 Å². The zero-order valence-corrected chi connectivity index (χ0v) is 17.5. The van der Waals surface area contributed by atoms with Crippen LogP contribution in [0.5, 0.6) is 0 Å². The van der Waals surface area contributed by atoms with Gasteiger partial charge in [0.1, 0.15) is 0 Å². The Hall–Kier alpha value is -1.55. The van der Waals surface area contributed by atoms with Crippen molar-refractivity contribution < 1.29 is 0 Å². The molecular formula is C22H36N4. The number of fused-ring (bicyclic) bond motifs is 1. The molecule has 3 rings (SSSR count).